The van der Waals surface area contributed by atoms with E-state index in [1.165, 1.54) is 0 Å². The lowest BCUT2D eigenvalue weighted by molar-refractivity contribution is 0.0374. The highest BCUT2D eigenvalue weighted by molar-refractivity contribution is 5.16. The molecule has 2 heterocycles. The van der Waals surface area contributed by atoms with Crippen molar-refractivity contribution in [1.82, 2.24) is 20.2 Å². The zero-order valence-corrected chi connectivity index (χ0v) is 10.6. The molecule has 1 aliphatic rings. The van der Waals surface area contributed by atoms with Crippen molar-refractivity contribution in [2.45, 2.75) is 13.0 Å². The van der Waals surface area contributed by atoms with Gasteiger partial charge in [-0.2, -0.15) is 0 Å². The molecule has 0 atom stereocenters. The molecule has 6 nitrogen and oxygen atoms in total. The van der Waals surface area contributed by atoms with Crippen LogP contribution in [-0.4, -0.2) is 54.3 Å². The Morgan fingerprint density at radius 1 is 1.28 bits per heavy atom. The lowest BCUT2D eigenvalue weighted by Gasteiger charge is -2.26. The third kappa shape index (κ3) is 4.56. The summed E-state index contributed by atoms with van der Waals surface area (Å²) in [6.45, 7) is 6.80. The van der Waals surface area contributed by atoms with Crippen molar-refractivity contribution in [3.05, 3.63) is 18.0 Å². The Kier molecular flexibility index (Phi) is 5.32. The van der Waals surface area contributed by atoms with E-state index in [-0.39, 0.29) is 0 Å². The first-order valence-corrected chi connectivity index (χ1v) is 6.42. The number of rotatable bonds is 6. The molecule has 1 aromatic rings. The number of anilines is 1. The molecule has 1 aliphatic heterocycles. The fourth-order valence-corrected chi connectivity index (χ4v) is 1.94. The van der Waals surface area contributed by atoms with Crippen molar-refractivity contribution >= 4 is 5.95 Å². The number of nitrogen functional groups attached to an aromatic ring is 1. The van der Waals surface area contributed by atoms with Crippen LogP contribution in [0.25, 0.3) is 0 Å². The Balaban J connectivity index is 1.54. The van der Waals surface area contributed by atoms with Gasteiger partial charge in [0.15, 0.2) is 0 Å². The van der Waals surface area contributed by atoms with E-state index >= 15 is 0 Å². The molecule has 3 N–H and O–H groups in total. The quantitative estimate of drug-likeness (QED) is 0.686. The minimum absolute atomic E-state index is 0.325. The van der Waals surface area contributed by atoms with E-state index in [0.29, 0.717) is 5.95 Å². The molecule has 6 heteroatoms. The highest BCUT2D eigenvalue weighted by atomic mass is 16.5. The molecule has 0 bridgehead atoms. The number of hydrogen-bond donors (Lipinski definition) is 2. The molecule has 2 rings (SSSR count). The summed E-state index contributed by atoms with van der Waals surface area (Å²) in [7, 11) is 0. The summed E-state index contributed by atoms with van der Waals surface area (Å²) in [4.78, 5) is 10.4. The molecule has 0 radical (unpaired) electrons. The van der Waals surface area contributed by atoms with E-state index in [4.69, 9.17) is 10.5 Å². The van der Waals surface area contributed by atoms with Gasteiger partial charge < -0.3 is 15.8 Å². The smallest absolute Gasteiger partial charge is 0.219 e. The van der Waals surface area contributed by atoms with Gasteiger partial charge in [0.2, 0.25) is 5.95 Å². The van der Waals surface area contributed by atoms with Crippen LogP contribution < -0.4 is 11.1 Å². The van der Waals surface area contributed by atoms with Crippen LogP contribution in [0.15, 0.2) is 12.4 Å². The molecule has 0 amide bonds. The van der Waals surface area contributed by atoms with E-state index in [1.807, 2.05) is 0 Å². The predicted octanol–water partition coefficient (Wildman–Crippen LogP) is -0.129. The zero-order chi connectivity index (χ0) is 12.6. The Labute approximate surface area is 108 Å². The summed E-state index contributed by atoms with van der Waals surface area (Å²) in [5, 5.41) is 3.38. The van der Waals surface area contributed by atoms with Gasteiger partial charge >= 0.3 is 0 Å². The maximum atomic E-state index is 5.43. The van der Waals surface area contributed by atoms with Crippen LogP contribution in [0.5, 0.6) is 0 Å². The third-order valence-corrected chi connectivity index (χ3v) is 2.99. The second kappa shape index (κ2) is 7.25. The van der Waals surface area contributed by atoms with E-state index < -0.39 is 0 Å². The summed E-state index contributed by atoms with van der Waals surface area (Å²) in [5.74, 6) is 0.325. The number of ether oxygens (including phenoxy) is 1. The summed E-state index contributed by atoms with van der Waals surface area (Å²) in [5.41, 5.74) is 6.49. The van der Waals surface area contributed by atoms with Crippen molar-refractivity contribution in [3.63, 3.8) is 0 Å². The SMILES string of the molecule is Nc1ncc(CNCCCN2CCOCC2)cn1. The standard InChI is InChI=1S/C12H21N5O/c13-12-15-9-11(10-16-12)8-14-2-1-3-17-4-6-18-7-5-17/h9-10,14H,1-8H2,(H2,13,15,16). The molecule has 0 aliphatic carbocycles. The van der Waals surface area contributed by atoms with Crippen LogP contribution in [0.4, 0.5) is 5.95 Å². The minimum atomic E-state index is 0.325. The van der Waals surface area contributed by atoms with Crippen LogP contribution >= 0.6 is 0 Å². The third-order valence-electron chi connectivity index (χ3n) is 2.99. The van der Waals surface area contributed by atoms with Crippen molar-refractivity contribution in [3.8, 4) is 0 Å². The van der Waals surface area contributed by atoms with Crippen LogP contribution in [0.1, 0.15) is 12.0 Å². The van der Waals surface area contributed by atoms with E-state index in [2.05, 4.69) is 20.2 Å². The van der Waals surface area contributed by atoms with Gasteiger partial charge in [-0.3, -0.25) is 4.90 Å². The molecule has 1 fully saturated rings. The van der Waals surface area contributed by atoms with E-state index in [0.717, 1.165) is 57.9 Å². The molecule has 0 spiro atoms. The number of nitrogens with two attached hydrogens (primary N) is 1. The maximum Gasteiger partial charge on any atom is 0.219 e. The summed E-state index contributed by atoms with van der Waals surface area (Å²) in [6.07, 6.45) is 4.67. The van der Waals surface area contributed by atoms with Crippen molar-refractivity contribution < 1.29 is 4.74 Å². The van der Waals surface area contributed by atoms with Gasteiger partial charge in [0.25, 0.3) is 0 Å². The highest BCUT2D eigenvalue weighted by Crippen LogP contribution is 1.98. The van der Waals surface area contributed by atoms with Gasteiger partial charge in [-0.05, 0) is 19.5 Å². The van der Waals surface area contributed by atoms with Crippen LogP contribution in [0, 0.1) is 0 Å². The Hall–Kier alpha value is -1.24. The van der Waals surface area contributed by atoms with Crippen molar-refractivity contribution in [2.24, 2.45) is 0 Å². The largest absolute Gasteiger partial charge is 0.379 e. The Morgan fingerprint density at radius 3 is 2.72 bits per heavy atom. The first-order chi connectivity index (χ1) is 8.84. The average Bonchev–Trinajstić information content (AvgIpc) is 2.42. The topological polar surface area (TPSA) is 76.3 Å². The average molecular weight is 251 g/mol. The van der Waals surface area contributed by atoms with E-state index in [1.54, 1.807) is 12.4 Å². The number of nitrogens with zero attached hydrogens (tertiary/aromatic N) is 3. The van der Waals surface area contributed by atoms with Crippen molar-refractivity contribution in [2.75, 3.05) is 45.1 Å². The Bertz CT molecular complexity index is 337. The maximum absolute atomic E-state index is 5.43. The fourth-order valence-electron chi connectivity index (χ4n) is 1.94. The normalized spacial score (nSPS) is 16.9. The van der Waals surface area contributed by atoms with Gasteiger partial charge in [0.1, 0.15) is 0 Å². The second-order valence-corrected chi connectivity index (χ2v) is 4.43. The predicted molar refractivity (Wildman–Crippen MR) is 70.0 cm³/mol. The molecule has 0 aromatic carbocycles. The second-order valence-electron chi connectivity index (χ2n) is 4.43. The molecular weight excluding hydrogens is 230 g/mol. The minimum Gasteiger partial charge on any atom is -0.379 e. The molecule has 0 unspecified atom stereocenters. The lowest BCUT2D eigenvalue weighted by atomic mass is 10.3. The molecule has 1 saturated heterocycles. The number of morpholine rings is 1. The molecule has 1 aromatic heterocycles. The summed E-state index contributed by atoms with van der Waals surface area (Å²) in [6, 6.07) is 0. The summed E-state index contributed by atoms with van der Waals surface area (Å²) >= 11 is 0. The van der Waals surface area contributed by atoms with Crippen LogP contribution in [-0.2, 0) is 11.3 Å². The van der Waals surface area contributed by atoms with Crippen molar-refractivity contribution in [1.29, 1.82) is 0 Å². The molecule has 0 saturated carbocycles. The van der Waals surface area contributed by atoms with Gasteiger partial charge in [-0.15, -0.1) is 0 Å². The van der Waals surface area contributed by atoms with Crippen LogP contribution in [0.3, 0.4) is 0 Å². The summed E-state index contributed by atoms with van der Waals surface area (Å²) < 4.78 is 5.31. The number of hydrogen-bond acceptors (Lipinski definition) is 6. The Morgan fingerprint density at radius 2 is 2.00 bits per heavy atom. The van der Waals surface area contributed by atoms with Crippen LogP contribution in [0.2, 0.25) is 0 Å². The van der Waals surface area contributed by atoms with Gasteiger partial charge in [-0.25, -0.2) is 9.97 Å². The monoisotopic (exact) mass is 251 g/mol. The molecule has 18 heavy (non-hydrogen) atoms. The highest BCUT2D eigenvalue weighted by Gasteiger charge is 2.08. The number of nitrogens with one attached hydrogen (secondary N) is 1. The molecular formula is C12H21N5O. The van der Waals surface area contributed by atoms with Gasteiger partial charge in [-0.1, -0.05) is 0 Å². The van der Waals surface area contributed by atoms with Gasteiger partial charge in [0, 0.05) is 37.6 Å². The number of aromatic nitrogens is 2. The van der Waals surface area contributed by atoms with E-state index in [9.17, 15) is 0 Å². The molecule has 100 valence electrons. The first kappa shape index (κ1) is 13.2. The fraction of sp³-hybridized carbons (Fsp3) is 0.667. The van der Waals surface area contributed by atoms with Gasteiger partial charge in [0.05, 0.1) is 13.2 Å². The lowest BCUT2D eigenvalue weighted by Crippen LogP contribution is -2.37. The first-order valence-electron chi connectivity index (χ1n) is 6.42. The zero-order valence-electron chi connectivity index (χ0n) is 10.6.